The van der Waals surface area contributed by atoms with Crippen LogP contribution in [0, 0.1) is 0 Å². The molecule has 1 atom stereocenters. The standard InChI is InChI=1S/C20H21N3O2/c1-15(16-9-4-2-5-10-16)21-18(24)13-8-14-19-22-20(23-25-19)17-11-6-3-7-12-17/h2-7,9-12,15H,8,13-14H2,1H3,(H,21,24)/t15-/m0/s1. The van der Waals surface area contributed by atoms with E-state index in [1.54, 1.807) is 0 Å². The number of amides is 1. The highest BCUT2D eigenvalue weighted by Gasteiger charge is 2.11. The summed E-state index contributed by atoms with van der Waals surface area (Å²) in [6.07, 6.45) is 1.69. The van der Waals surface area contributed by atoms with E-state index >= 15 is 0 Å². The third-order valence-corrected chi connectivity index (χ3v) is 3.97. The van der Waals surface area contributed by atoms with Crippen LogP contribution in [-0.2, 0) is 11.2 Å². The van der Waals surface area contributed by atoms with Crippen LogP contribution < -0.4 is 5.32 Å². The van der Waals surface area contributed by atoms with Gasteiger partial charge in [0.1, 0.15) is 0 Å². The van der Waals surface area contributed by atoms with Gasteiger partial charge in [0.25, 0.3) is 0 Å². The number of nitrogens with one attached hydrogen (secondary N) is 1. The Kier molecular flexibility index (Phi) is 5.57. The Balaban J connectivity index is 1.45. The number of aryl methyl sites for hydroxylation is 1. The molecular formula is C20H21N3O2. The molecule has 0 bridgehead atoms. The number of hydrogen-bond acceptors (Lipinski definition) is 4. The molecular weight excluding hydrogens is 314 g/mol. The van der Waals surface area contributed by atoms with E-state index in [0.717, 1.165) is 11.1 Å². The topological polar surface area (TPSA) is 68.0 Å². The van der Waals surface area contributed by atoms with Crippen LogP contribution in [-0.4, -0.2) is 16.0 Å². The highest BCUT2D eigenvalue weighted by atomic mass is 16.5. The largest absolute Gasteiger partial charge is 0.350 e. The van der Waals surface area contributed by atoms with Crippen molar-refractivity contribution in [1.29, 1.82) is 0 Å². The maximum absolute atomic E-state index is 12.1. The summed E-state index contributed by atoms with van der Waals surface area (Å²) in [7, 11) is 0. The van der Waals surface area contributed by atoms with Gasteiger partial charge in [-0.15, -0.1) is 0 Å². The number of carbonyl (C=O) groups excluding carboxylic acids is 1. The van der Waals surface area contributed by atoms with Gasteiger partial charge in [-0.25, -0.2) is 0 Å². The van der Waals surface area contributed by atoms with Crippen LogP contribution in [0.1, 0.15) is 37.3 Å². The highest BCUT2D eigenvalue weighted by molar-refractivity contribution is 5.76. The van der Waals surface area contributed by atoms with Gasteiger partial charge >= 0.3 is 0 Å². The fourth-order valence-electron chi connectivity index (χ4n) is 2.60. The molecule has 0 radical (unpaired) electrons. The second-order valence-electron chi connectivity index (χ2n) is 5.93. The first kappa shape index (κ1) is 16.9. The minimum atomic E-state index is 0.00166. The van der Waals surface area contributed by atoms with E-state index in [1.165, 1.54) is 0 Å². The Morgan fingerprint density at radius 3 is 2.48 bits per heavy atom. The van der Waals surface area contributed by atoms with Gasteiger partial charge in [0, 0.05) is 18.4 Å². The molecule has 0 fully saturated rings. The summed E-state index contributed by atoms with van der Waals surface area (Å²) in [5.74, 6) is 1.17. The van der Waals surface area contributed by atoms with Crippen molar-refractivity contribution in [3.63, 3.8) is 0 Å². The van der Waals surface area contributed by atoms with Crippen molar-refractivity contribution in [2.45, 2.75) is 32.2 Å². The van der Waals surface area contributed by atoms with Crippen molar-refractivity contribution >= 4 is 5.91 Å². The average molecular weight is 335 g/mol. The number of hydrogen-bond donors (Lipinski definition) is 1. The van der Waals surface area contributed by atoms with E-state index in [2.05, 4.69) is 15.5 Å². The van der Waals surface area contributed by atoms with Crippen LogP contribution in [0.15, 0.2) is 65.2 Å². The molecule has 3 rings (SSSR count). The molecule has 5 heteroatoms. The third kappa shape index (κ3) is 4.76. The van der Waals surface area contributed by atoms with Crippen LogP contribution in [0.5, 0.6) is 0 Å². The van der Waals surface area contributed by atoms with Crippen molar-refractivity contribution in [3.05, 3.63) is 72.1 Å². The minimum absolute atomic E-state index is 0.00166. The predicted octanol–water partition coefficient (Wildman–Crippen LogP) is 3.94. The molecule has 0 saturated heterocycles. The first-order chi connectivity index (χ1) is 12.2. The lowest BCUT2D eigenvalue weighted by Gasteiger charge is -2.13. The fraction of sp³-hybridized carbons (Fsp3) is 0.250. The molecule has 5 nitrogen and oxygen atoms in total. The SMILES string of the molecule is C[C@H](NC(=O)CCCc1nc(-c2ccccc2)no1)c1ccccc1. The molecule has 0 unspecified atom stereocenters. The van der Waals surface area contributed by atoms with Crippen molar-refractivity contribution in [2.24, 2.45) is 0 Å². The molecule has 0 aliphatic heterocycles. The quantitative estimate of drug-likeness (QED) is 0.710. The number of aromatic nitrogens is 2. The zero-order valence-corrected chi connectivity index (χ0v) is 14.2. The van der Waals surface area contributed by atoms with Gasteiger partial charge in [0.05, 0.1) is 6.04 Å². The summed E-state index contributed by atoms with van der Waals surface area (Å²) < 4.78 is 5.26. The number of benzene rings is 2. The second kappa shape index (κ2) is 8.24. The summed E-state index contributed by atoms with van der Waals surface area (Å²) >= 11 is 0. The zero-order valence-electron chi connectivity index (χ0n) is 14.2. The molecule has 0 aliphatic rings. The van der Waals surface area contributed by atoms with E-state index in [0.29, 0.717) is 31.0 Å². The molecule has 0 spiro atoms. The number of nitrogens with zero attached hydrogens (tertiary/aromatic N) is 2. The molecule has 3 aromatic rings. The van der Waals surface area contributed by atoms with Gasteiger partial charge in [-0.3, -0.25) is 4.79 Å². The van der Waals surface area contributed by atoms with Crippen LogP contribution in [0.25, 0.3) is 11.4 Å². The summed E-state index contributed by atoms with van der Waals surface area (Å²) in [5.41, 5.74) is 2.02. The lowest BCUT2D eigenvalue weighted by Crippen LogP contribution is -2.26. The van der Waals surface area contributed by atoms with Crippen molar-refractivity contribution in [3.8, 4) is 11.4 Å². The van der Waals surface area contributed by atoms with Gasteiger partial charge in [-0.1, -0.05) is 65.8 Å². The highest BCUT2D eigenvalue weighted by Crippen LogP contribution is 2.16. The first-order valence-electron chi connectivity index (χ1n) is 8.44. The van der Waals surface area contributed by atoms with Crippen molar-refractivity contribution < 1.29 is 9.32 Å². The second-order valence-corrected chi connectivity index (χ2v) is 5.93. The Bertz CT molecular complexity index is 800. The van der Waals surface area contributed by atoms with Crippen LogP contribution >= 0.6 is 0 Å². The van der Waals surface area contributed by atoms with E-state index in [9.17, 15) is 4.79 Å². The summed E-state index contributed by atoms with van der Waals surface area (Å²) in [6.45, 7) is 1.98. The number of carbonyl (C=O) groups is 1. The molecule has 1 heterocycles. The van der Waals surface area contributed by atoms with E-state index in [-0.39, 0.29) is 11.9 Å². The summed E-state index contributed by atoms with van der Waals surface area (Å²) in [4.78, 5) is 16.4. The average Bonchev–Trinajstić information content (AvgIpc) is 3.12. The van der Waals surface area contributed by atoms with E-state index in [1.807, 2.05) is 67.6 Å². The van der Waals surface area contributed by atoms with Crippen LogP contribution in [0.2, 0.25) is 0 Å². The van der Waals surface area contributed by atoms with Crippen molar-refractivity contribution in [1.82, 2.24) is 15.5 Å². The zero-order chi connectivity index (χ0) is 17.5. The van der Waals surface area contributed by atoms with E-state index < -0.39 is 0 Å². The lowest BCUT2D eigenvalue weighted by atomic mass is 10.1. The van der Waals surface area contributed by atoms with Crippen LogP contribution in [0.4, 0.5) is 0 Å². The molecule has 128 valence electrons. The monoisotopic (exact) mass is 335 g/mol. The van der Waals surface area contributed by atoms with Crippen LogP contribution in [0.3, 0.4) is 0 Å². The van der Waals surface area contributed by atoms with Gasteiger partial charge < -0.3 is 9.84 Å². The predicted molar refractivity (Wildman–Crippen MR) is 95.7 cm³/mol. The fourth-order valence-corrected chi connectivity index (χ4v) is 2.60. The minimum Gasteiger partial charge on any atom is -0.350 e. The maximum atomic E-state index is 12.1. The lowest BCUT2D eigenvalue weighted by molar-refractivity contribution is -0.121. The first-order valence-corrected chi connectivity index (χ1v) is 8.44. The van der Waals surface area contributed by atoms with Crippen molar-refractivity contribution in [2.75, 3.05) is 0 Å². The smallest absolute Gasteiger partial charge is 0.226 e. The molecule has 25 heavy (non-hydrogen) atoms. The maximum Gasteiger partial charge on any atom is 0.226 e. The molecule has 2 aromatic carbocycles. The molecule has 1 aromatic heterocycles. The Morgan fingerprint density at radius 1 is 1.08 bits per heavy atom. The van der Waals surface area contributed by atoms with Gasteiger partial charge in [-0.05, 0) is 18.9 Å². The normalized spacial score (nSPS) is 11.9. The Hall–Kier alpha value is -2.95. The van der Waals surface area contributed by atoms with E-state index in [4.69, 9.17) is 4.52 Å². The Morgan fingerprint density at radius 2 is 1.76 bits per heavy atom. The molecule has 1 N–H and O–H groups in total. The molecule has 0 saturated carbocycles. The molecule has 0 aliphatic carbocycles. The summed E-state index contributed by atoms with van der Waals surface area (Å²) in [5, 5.41) is 6.99. The molecule has 1 amide bonds. The van der Waals surface area contributed by atoms with Gasteiger partial charge in [0.2, 0.25) is 17.6 Å². The number of rotatable bonds is 7. The third-order valence-electron chi connectivity index (χ3n) is 3.97. The Labute approximate surface area is 147 Å². The van der Waals surface area contributed by atoms with Gasteiger partial charge in [0.15, 0.2) is 0 Å². The summed E-state index contributed by atoms with van der Waals surface area (Å²) in [6, 6.07) is 19.6. The van der Waals surface area contributed by atoms with Gasteiger partial charge in [-0.2, -0.15) is 4.98 Å².